The predicted molar refractivity (Wildman–Crippen MR) is 70.8 cm³/mol. The third-order valence-corrected chi connectivity index (χ3v) is 3.54. The molecule has 2 N–H and O–H groups in total. The molecule has 2 heterocycles. The van der Waals surface area contributed by atoms with Gasteiger partial charge in [0.15, 0.2) is 16.1 Å². The van der Waals surface area contributed by atoms with Gasteiger partial charge in [0.05, 0.1) is 5.39 Å². The number of pyridine rings is 1. The minimum Gasteiger partial charge on any atom is -0.383 e. The van der Waals surface area contributed by atoms with Crippen molar-refractivity contribution in [2.24, 2.45) is 0 Å². The molecule has 0 fully saturated rings. The minimum atomic E-state index is -0.683. The van der Waals surface area contributed by atoms with Crippen molar-refractivity contribution in [3.8, 4) is 0 Å². The Morgan fingerprint density at radius 3 is 2.76 bits per heavy atom. The zero-order chi connectivity index (χ0) is 12.6. The number of hydrogen-bond acceptors (Lipinski definition) is 5. The summed E-state index contributed by atoms with van der Waals surface area (Å²) in [5.41, 5.74) is 5.85. The van der Waals surface area contributed by atoms with Crippen molar-refractivity contribution >= 4 is 56.0 Å². The molecular formula is C9H7BrClFN4S. The fraction of sp³-hybridized carbons (Fsp3) is 0.222. The van der Waals surface area contributed by atoms with Crippen LogP contribution >= 0.6 is 39.3 Å². The number of nitrogens with zero attached hydrogens (tertiary/aromatic N) is 3. The zero-order valence-electron chi connectivity index (χ0n) is 8.67. The van der Waals surface area contributed by atoms with Crippen LogP contribution in [0.3, 0.4) is 0 Å². The van der Waals surface area contributed by atoms with E-state index in [-0.39, 0.29) is 16.5 Å². The van der Waals surface area contributed by atoms with Gasteiger partial charge >= 0.3 is 0 Å². The van der Waals surface area contributed by atoms with E-state index in [1.807, 2.05) is 6.92 Å². The van der Waals surface area contributed by atoms with Crippen LogP contribution < -0.4 is 5.73 Å². The third-order valence-electron chi connectivity index (χ3n) is 1.98. The Bertz CT molecular complexity index is 595. The highest BCUT2D eigenvalue weighted by atomic mass is 79.9. The molecule has 0 aliphatic rings. The number of nitrogen functional groups attached to an aromatic ring is 1. The van der Waals surface area contributed by atoms with Crippen molar-refractivity contribution in [1.82, 2.24) is 15.0 Å². The van der Waals surface area contributed by atoms with Gasteiger partial charge in [-0.15, -0.1) is 0 Å². The Morgan fingerprint density at radius 1 is 1.41 bits per heavy atom. The summed E-state index contributed by atoms with van der Waals surface area (Å²) in [5.74, 6) is 0.268. The second kappa shape index (κ2) is 4.91. The average molecular weight is 338 g/mol. The van der Waals surface area contributed by atoms with E-state index in [0.29, 0.717) is 15.1 Å². The maximum absolute atomic E-state index is 13.8. The van der Waals surface area contributed by atoms with Crippen molar-refractivity contribution in [1.29, 1.82) is 0 Å². The van der Waals surface area contributed by atoms with Gasteiger partial charge in [0, 0.05) is 0 Å². The standard InChI is InChI=1S/C9H7BrClFN4S/c1-2-17-9-14-5-3(8(13)16-9)6(10)15-7(11)4(5)12/h2H2,1H3,(H2,13,14,16). The lowest BCUT2D eigenvalue weighted by atomic mass is 10.3. The van der Waals surface area contributed by atoms with Crippen LogP contribution in [0.25, 0.3) is 10.9 Å². The number of thioether (sulfide) groups is 1. The van der Waals surface area contributed by atoms with Crippen LogP contribution in [0.4, 0.5) is 10.2 Å². The van der Waals surface area contributed by atoms with Gasteiger partial charge in [-0.05, 0) is 21.7 Å². The lowest BCUT2D eigenvalue weighted by Crippen LogP contribution is -2.01. The molecule has 8 heteroatoms. The van der Waals surface area contributed by atoms with Gasteiger partial charge in [0.25, 0.3) is 0 Å². The summed E-state index contributed by atoms with van der Waals surface area (Å²) < 4.78 is 14.1. The number of aromatic nitrogens is 3. The van der Waals surface area contributed by atoms with Crippen LogP contribution in [-0.2, 0) is 0 Å². The molecule has 2 rings (SSSR count). The molecule has 0 aliphatic carbocycles. The van der Waals surface area contributed by atoms with Crippen molar-refractivity contribution < 1.29 is 4.39 Å². The van der Waals surface area contributed by atoms with Crippen molar-refractivity contribution in [2.45, 2.75) is 12.1 Å². The van der Waals surface area contributed by atoms with Crippen LogP contribution in [0.5, 0.6) is 0 Å². The average Bonchev–Trinajstić information content (AvgIpc) is 2.25. The second-order valence-electron chi connectivity index (χ2n) is 3.06. The number of anilines is 1. The quantitative estimate of drug-likeness (QED) is 0.517. The molecule has 4 nitrogen and oxygen atoms in total. The largest absolute Gasteiger partial charge is 0.383 e. The first-order valence-electron chi connectivity index (χ1n) is 4.65. The molecule has 2 aromatic rings. The van der Waals surface area contributed by atoms with E-state index in [0.717, 1.165) is 5.75 Å². The molecule has 0 aliphatic heterocycles. The highest BCUT2D eigenvalue weighted by molar-refractivity contribution is 9.10. The SMILES string of the molecule is CCSc1nc(N)c2c(Br)nc(Cl)c(F)c2n1. The maximum Gasteiger partial charge on any atom is 0.190 e. The molecule has 0 radical (unpaired) electrons. The van der Waals surface area contributed by atoms with Gasteiger partial charge in [-0.3, -0.25) is 0 Å². The lowest BCUT2D eigenvalue weighted by Gasteiger charge is -2.07. The summed E-state index contributed by atoms with van der Waals surface area (Å²) in [7, 11) is 0. The summed E-state index contributed by atoms with van der Waals surface area (Å²) in [4.78, 5) is 11.9. The molecule has 0 saturated heterocycles. The van der Waals surface area contributed by atoms with Gasteiger partial charge in [-0.1, -0.05) is 30.3 Å². The molecule has 0 saturated carbocycles. The predicted octanol–water partition coefficient (Wildman–Crippen LogP) is 3.27. The summed E-state index contributed by atoms with van der Waals surface area (Å²) in [6, 6.07) is 0. The van der Waals surface area contributed by atoms with Crippen LogP contribution in [0.1, 0.15) is 6.92 Å². The molecule has 0 unspecified atom stereocenters. The Hall–Kier alpha value is -0.660. The molecule has 0 amide bonds. The van der Waals surface area contributed by atoms with E-state index in [2.05, 4.69) is 30.9 Å². The lowest BCUT2D eigenvalue weighted by molar-refractivity contribution is 0.629. The molecule has 0 spiro atoms. The molecule has 90 valence electrons. The highest BCUT2D eigenvalue weighted by Gasteiger charge is 2.17. The Morgan fingerprint density at radius 2 is 2.12 bits per heavy atom. The normalized spacial score (nSPS) is 11.1. The van der Waals surface area contributed by atoms with E-state index in [9.17, 15) is 4.39 Å². The first kappa shape index (κ1) is 12.8. The summed E-state index contributed by atoms with van der Waals surface area (Å²) >= 11 is 10.2. The van der Waals surface area contributed by atoms with Crippen molar-refractivity contribution in [3.05, 3.63) is 15.6 Å². The summed E-state index contributed by atoms with van der Waals surface area (Å²) in [6.07, 6.45) is 0. The monoisotopic (exact) mass is 336 g/mol. The minimum absolute atomic E-state index is 0.0836. The first-order valence-corrected chi connectivity index (χ1v) is 6.80. The Kier molecular flexibility index (Phi) is 3.70. The first-order chi connectivity index (χ1) is 8.04. The van der Waals surface area contributed by atoms with Gasteiger partial charge in [0.1, 0.15) is 15.9 Å². The number of hydrogen-bond donors (Lipinski definition) is 1. The van der Waals surface area contributed by atoms with Crippen LogP contribution in [0.15, 0.2) is 9.76 Å². The second-order valence-corrected chi connectivity index (χ2v) is 5.40. The molecule has 0 atom stereocenters. The summed E-state index contributed by atoms with van der Waals surface area (Å²) in [6.45, 7) is 1.94. The molecule has 2 aromatic heterocycles. The molecule has 0 aromatic carbocycles. The fourth-order valence-corrected chi connectivity index (χ4v) is 2.72. The van der Waals surface area contributed by atoms with Crippen molar-refractivity contribution in [3.63, 3.8) is 0 Å². The zero-order valence-corrected chi connectivity index (χ0v) is 11.8. The van der Waals surface area contributed by atoms with Crippen LogP contribution in [0.2, 0.25) is 5.15 Å². The third kappa shape index (κ3) is 2.31. The molecule has 17 heavy (non-hydrogen) atoms. The van der Waals surface area contributed by atoms with Gasteiger partial charge in [-0.25, -0.2) is 19.3 Å². The molecular weight excluding hydrogens is 331 g/mol. The van der Waals surface area contributed by atoms with Crippen LogP contribution in [-0.4, -0.2) is 20.7 Å². The Labute approximate surface area is 114 Å². The van der Waals surface area contributed by atoms with Crippen LogP contribution in [0, 0.1) is 5.82 Å². The van der Waals surface area contributed by atoms with E-state index in [4.69, 9.17) is 17.3 Å². The highest BCUT2D eigenvalue weighted by Crippen LogP contribution is 2.32. The van der Waals surface area contributed by atoms with E-state index < -0.39 is 5.82 Å². The number of halogens is 3. The maximum atomic E-state index is 13.8. The van der Waals surface area contributed by atoms with Gasteiger partial charge in [0.2, 0.25) is 0 Å². The van der Waals surface area contributed by atoms with Crippen molar-refractivity contribution in [2.75, 3.05) is 11.5 Å². The van der Waals surface area contributed by atoms with E-state index in [1.54, 1.807) is 0 Å². The van der Waals surface area contributed by atoms with Gasteiger partial charge < -0.3 is 5.73 Å². The Balaban J connectivity index is 2.81. The molecule has 0 bridgehead atoms. The number of rotatable bonds is 2. The fourth-order valence-electron chi connectivity index (χ4n) is 1.30. The number of nitrogens with two attached hydrogens (primary N) is 1. The van der Waals surface area contributed by atoms with E-state index >= 15 is 0 Å². The van der Waals surface area contributed by atoms with Gasteiger partial charge in [-0.2, -0.15) is 0 Å². The smallest absolute Gasteiger partial charge is 0.190 e. The summed E-state index contributed by atoms with van der Waals surface area (Å²) in [5, 5.41) is 0.521. The topological polar surface area (TPSA) is 64.7 Å². The number of fused-ring (bicyclic) bond motifs is 1. The van der Waals surface area contributed by atoms with E-state index in [1.165, 1.54) is 11.8 Å².